The zero-order valence-electron chi connectivity index (χ0n) is 20.6. The van der Waals surface area contributed by atoms with Gasteiger partial charge in [0.2, 0.25) is 15.9 Å². The van der Waals surface area contributed by atoms with Crippen molar-refractivity contribution < 1.29 is 17.9 Å². The molecule has 0 spiro atoms. The van der Waals surface area contributed by atoms with Crippen LogP contribution in [0.4, 0.5) is 0 Å². The number of amides is 1. The standard InChI is InChI=1S/C27H37N3O4S/c1-22-3-2-14-29(20-22)21-25-6-4-24(5-7-25)19-28-27(31)13-10-23-8-11-26(12-9-23)35(32,33)30-15-17-34-18-16-30/h4-9,11-12,22H,2-3,10,13-21H2,1H3,(H,28,31). The lowest BCUT2D eigenvalue weighted by Gasteiger charge is -2.30. The summed E-state index contributed by atoms with van der Waals surface area (Å²) in [5.41, 5.74) is 3.34. The highest BCUT2D eigenvalue weighted by molar-refractivity contribution is 7.89. The van der Waals surface area contributed by atoms with Crippen LogP contribution in [0.2, 0.25) is 0 Å². The molecule has 1 unspecified atom stereocenters. The molecule has 0 aromatic heterocycles. The third kappa shape index (κ3) is 7.36. The molecule has 0 aliphatic carbocycles. The van der Waals surface area contributed by atoms with E-state index in [1.165, 1.54) is 35.8 Å². The number of morpholine rings is 1. The zero-order valence-corrected chi connectivity index (χ0v) is 21.4. The lowest BCUT2D eigenvalue weighted by atomic mass is 9.99. The van der Waals surface area contributed by atoms with Crippen molar-refractivity contribution in [3.63, 3.8) is 0 Å². The van der Waals surface area contributed by atoms with E-state index in [0.29, 0.717) is 45.7 Å². The second-order valence-corrected chi connectivity index (χ2v) is 11.7. The van der Waals surface area contributed by atoms with Gasteiger partial charge in [0.1, 0.15) is 0 Å². The normalized spacial score (nSPS) is 20.0. The van der Waals surface area contributed by atoms with E-state index in [0.717, 1.165) is 23.6 Å². The average molecular weight is 500 g/mol. The smallest absolute Gasteiger partial charge is 0.243 e. The Morgan fingerprint density at radius 2 is 1.63 bits per heavy atom. The molecule has 2 fully saturated rings. The Balaban J connectivity index is 1.20. The van der Waals surface area contributed by atoms with Crippen LogP contribution in [-0.4, -0.2) is 62.9 Å². The quantitative estimate of drug-likeness (QED) is 0.573. The van der Waals surface area contributed by atoms with E-state index in [2.05, 4.69) is 41.4 Å². The van der Waals surface area contributed by atoms with E-state index < -0.39 is 10.0 Å². The summed E-state index contributed by atoms with van der Waals surface area (Å²) < 4.78 is 32.1. The number of nitrogens with zero attached hydrogens (tertiary/aromatic N) is 2. The fraction of sp³-hybridized carbons (Fsp3) is 0.519. The largest absolute Gasteiger partial charge is 0.379 e. The number of benzene rings is 2. The summed E-state index contributed by atoms with van der Waals surface area (Å²) in [7, 11) is -3.49. The predicted octanol–water partition coefficient (Wildman–Crippen LogP) is 3.19. The fourth-order valence-corrected chi connectivity index (χ4v) is 6.17. The van der Waals surface area contributed by atoms with Crippen LogP contribution in [0.5, 0.6) is 0 Å². The molecule has 0 radical (unpaired) electrons. The lowest BCUT2D eigenvalue weighted by Crippen LogP contribution is -2.40. The molecule has 1 atom stereocenters. The average Bonchev–Trinajstić information content (AvgIpc) is 2.88. The molecule has 1 amide bonds. The molecule has 7 nitrogen and oxygen atoms in total. The molecule has 2 aromatic carbocycles. The molecule has 2 saturated heterocycles. The Morgan fingerprint density at radius 3 is 2.31 bits per heavy atom. The van der Waals surface area contributed by atoms with Crippen molar-refractivity contribution >= 4 is 15.9 Å². The molecule has 2 aliphatic heterocycles. The number of rotatable bonds is 9. The third-order valence-electron chi connectivity index (χ3n) is 6.83. The van der Waals surface area contributed by atoms with E-state index in [1.807, 2.05) is 0 Å². The number of likely N-dealkylation sites (tertiary alicyclic amines) is 1. The highest BCUT2D eigenvalue weighted by atomic mass is 32.2. The van der Waals surface area contributed by atoms with E-state index in [9.17, 15) is 13.2 Å². The SMILES string of the molecule is CC1CCCN(Cc2ccc(CNC(=O)CCc3ccc(S(=O)(=O)N4CCOCC4)cc3)cc2)C1. The second-order valence-electron chi connectivity index (χ2n) is 9.74. The number of carbonyl (C=O) groups excluding carboxylic acids is 1. The Morgan fingerprint density at radius 1 is 0.971 bits per heavy atom. The van der Waals surface area contributed by atoms with Crippen molar-refractivity contribution in [3.05, 3.63) is 65.2 Å². The van der Waals surface area contributed by atoms with Gasteiger partial charge in [-0.25, -0.2) is 8.42 Å². The number of sulfonamides is 1. The minimum atomic E-state index is -3.49. The molecule has 4 rings (SSSR count). The molecular formula is C27H37N3O4S. The summed E-state index contributed by atoms with van der Waals surface area (Å²) in [6.07, 6.45) is 3.54. The predicted molar refractivity (Wildman–Crippen MR) is 136 cm³/mol. The van der Waals surface area contributed by atoms with Gasteiger partial charge in [-0.2, -0.15) is 4.31 Å². The molecular weight excluding hydrogens is 462 g/mol. The van der Waals surface area contributed by atoms with E-state index in [4.69, 9.17) is 4.74 Å². The molecule has 0 bridgehead atoms. The van der Waals surface area contributed by atoms with Crippen molar-refractivity contribution in [1.82, 2.24) is 14.5 Å². The molecule has 2 aromatic rings. The van der Waals surface area contributed by atoms with Crippen molar-refractivity contribution in [1.29, 1.82) is 0 Å². The number of hydrogen-bond donors (Lipinski definition) is 1. The number of aryl methyl sites for hydroxylation is 1. The molecule has 0 saturated carbocycles. The van der Waals surface area contributed by atoms with Crippen LogP contribution < -0.4 is 5.32 Å². The van der Waals surface area contributed by atoms with Crippen molar-refractivity contribution in [3.8, 4) is 0 Å². The van der Waals surface area contributed by atoms with Gasteiger partial charge >= 0.3 is 0 Å². The highest BCUT2D eigenvalue weighted by Crippen LogP contribution is 2.19. The Bertz CT molecular complexity index is 1060. The Labute approximate surface area is 209 Å². The zero-order chi connectivity index (χ0) is 24.7. The topological polar surface area (TPSA) is 79.0 Å². The van der Waals surface area contributed by atoms with Crippen LogP contribution in [0.3, 0.4) is 0 Å². The van der Waals surface area contributed by atoms with Crippen LogP contribution >= 0.6 is 0 Å². The molecule has 8 heteroatoms. The van der Waals surface area contributed by atoms with Crippen molar-refractivity contribution in [2.75, 3.05) is 39.4 Å². The fourth-order valence-electron chi connectivity index (χ4n) is 4.76. The summed E-state index contributed by atoms with van der Waals surface area (Å²) in [5.74, 6) is 0.765. The Hall–Kier alpha value is -2.26. The first-order valence-corrected chi connectivity index (χ1v) is 14.1. The first kappa shape index (κ1) is 25.8. The minimum Gasteiger partial charge on any atom is -0.379 e. The second kappa shape index (κ2) is 12.1. The van der Waals surface area contributed by atoms with Crippen LogP contribution in [0, 0.1) is 5.92 Å². The molecule has 2 heterocycles. The van der Waals surface area contributed by atoms with Crippen LogP contribution in [0.25, 0.3) is 0 Å². The molecule has 2 aliphatic rings. The van der Waals surface area contributed by atoms with Gasteiger partial charge in [0.05, 0.1) is 18.1 Å². The van der Waals surface area contributed by atoms with Gasteiger partial charge < -0.3 is 10.1 Å². The number of carbonyl (C=O) groups is 1. The first-order chi connectivity index (χ1) is 16.9. The van der Waals surface area contributed by atoms with Crippen LogP contribution in [-0.2, 0) is 39.1 Å². The number of piperidine rings is 1. The van der Waals surface area contributed by atoms with Crippen LogP contribution in [0.1, 0.15) is 42.9 Å². The highest BCUT2D eigenvalue weighted by Gasteiger charge is 2.26. The van der Waals surface area contributed by atoms with Gasteiger partial charge in [-0.15, -0.1) is 0 Å². The van der Waals surface area contributed by atoms with Crippen molar-refractivity contribution in [2.24, 2.45) is 5.92 Å². The molecule has 1 N–H and O–H groups in total. The van der Waals surface area contributed by atoms with Gasteiger partial charge in [-0.05, 0) is 60.5 Å². The molecule has 35 heavy (non-hydrogen) atoms. The van der Waals surface area contributed by atoms with Gasteiger partial charge in [0.25, 0.3) is 0 Å². The summed E-state index contributed by atoms with van der Waals surface area (Å²) in [5, 5.41) is 2.99. The van der Waals surface area contributed by atoms with E-state index >= 15 is 0 Å². The lowest BCUT2D eigenvalue weighted by molar-refractivity contribution is -0.121. The summed E-state index contributed by atoms with van der Waals surface area (Å²) in [4.78, 5) is 15.2. The van der Waals surface area contributed by atoms with Gasteiger partial charge in [0.15, 0.2) is 0 Å². The first-order valence-electron chi connectivity index (χ1n) is 12.6. The van der Waals surface area contributed by atoms with Crippen molar-refractivity contribution in [2.45, 2.75) is 50.6 Å². The Kier molecular flexibility index (Phi) is 8.94. The summed E-state index contributed by atoms with van der Waals surface area (Å²) in [6.45, 7) is 7.78. The maximum atomic E-state index is 12.7. The maximum Gasteiger partial charge on any atom is 0.243 e. The van der Waals surface area contributed by atoms with Gasteiger partial charge in [-0.1, -0.05) is 43.3 Å². The number of hydrogen-bond acceptors (Lipinski definition) is 5. The molecule has 190 valence electrons. The van der Waals surface area contributed by atoms with Crippen LogP contribution in [0.15, 0.2) is 53.4 Å². The van der Waals surface area contributed by atoms with Gasteiger partial charge in [-0.3, -0.25) is 9.69 Å². The summed E-state index contributed by atoms with van der Waals surface area (Å²) in [6, 6.07) is 15.4. The maximum absolute atomic E-state index is 12.7. The number of nitrogens with one attached hydrogen (secondary N) is 1. The third-order valence-corrected chi connectivity index (χ3v) is 8.74. The summed E-state index contributed by atoms with van der Waals surface area (Å²) >= 11 is 0. The minimum absolute atomic E-state index is 0.0126. The monoisotopic (exact) mass is 499 g/mol. The van der Waals surface area contributed by atoms with E-state index in [1.54, 1.807) is 24.3 Å². The number of ether oxygens (including phenoxy) is 1. The van der Waals surface area contributed by atoms with E-state index in [-0.39, 0.29) is 10.8 Å². The van der Waals surface area contributed by atoms with Gasteiger partial charge in [0, 0.05) is 39.1 Å².